The molecule has 1 heteroatoms. The van der Waals surface area contributed by atoms with E-state index >= 15 is 0 Å². The summed E-state index contributed by atoms with van der Waals surface area (Å²) >= 11 is 0. The van der Waals surface area contributed by atoms with Crippen molar-refractivity contribution in [2.45, 2.75) is 46.0 Å². The first-order valence-electron chi connectivity index (χ1n) is 5.41. The maximum absolute atomic E-state index is 10.5. The van der Waals surface area contributed by atoms with Gasteiger partial charge in [-0.1, -0.05) is 31.9 Å². The molecule has 0 aromatic heterocycles. The number of hydrogen-bond acceptors (Lipinski definition) is 1. The van der Waals surface area contributed by atoms with Crippen LogP contribution in [0.3, 0.4) is 0 Å². The van der Waals surface area contributed by atoms with E-state index in [2.05, 4.69) is 13.0 Å². The summed E-state index contributed by atoms with van der Waals surface area (Å²) in [4.78, 5) is 10.5. The molecule has 0 N–H and O–H groups in total. The lowest BCUT2D eigenvalue weighted by Gasteiger charge is -2.02. The minimum absolute atomic E-state index is 0.214. The van der Waals surface area contributed by atoms with E-state index in [1.54, 1.807) is 0 Å². The fraction of sp³-hybridized carbons (Fsp3) is 0.750. The highest BCUT2D eigenvalue weighted by molar-refractivity contribution is 5.53. The van der Waals surface area contributed by atoms with Gasteiger partial charge in [0.1, 0.15) is 6.29 Å². The van der Waals surface area contributed by atoms with E-state index < -0.39 is 0 Å². The number of aldehydes is 1. The Hall–Kier alpha value is -0.590. The summed E-state index contributed by atoms with van der Waals surface area (Å²) in [6.45, 7) is 4.24. The number of hydrogen-bond donors (Lipinski definition) is 0. The second-order valence-electron chi connectivity index (χ2n) is 4.23. The van der Waals surface area contributed by atoms with E-state index in [0.29, 0.717) is 0 Å². The molecule has 0 fully saturated rings. The summed E-state index contributed by atoms with van der Waals surface area (Å²) in [6, 6.07) is 0. The summed E-state index contributed by atoms with van der Waals surface area (Å²) < 4.78 is 0. The van der Waals surface area contributed by atoms with E-state index in [-0.39, 0.29) is 5.92 Å². The van der Waals surface area contributed by atoms with Gasteiger partial charge in [-0.05, 0) is 31.6 Å². The van der Waals surface area contributed by atoms with E-state index in [9.17, 15) is 4.79 Å². The van der Waals surface area contributed by atoms with E-state index in [1.807, 2.05) is 6.92 Å². The monoisotopic (exact) mass is 180 g/mol. The minimum atomic E-state index is 0.214. The van der Waals surface area contributed by atoms with Gasteiger partial charge in [-0.2, -0.15) is 0 Å². The van der Waals surface area contributed by atoms with Crippen molar-refractivity contribution in [3.63, 3.8) is 0 Å². The SMILES string of the molecule is CCC[C@@H]1C=C(CC(C)C=O)CC1. The lowest BCUT2D eigenvalue weighted by molar-refractivity contribution is -0.110. The molecular weight excluding hydrogens is 160 g/mol. The number of allylic oxidation sites excluding steroid dienone is 2. The standard InChI is InChI=1S/C12H20O/c1-3-4-11-5-6-12(8-11)7-10(2)9-13/h8-11H,3-7H2,1-2H3/t10?,11-/m0/s1. The lowest BCUT2D eigenvalue weighted by atomic mass is 10.0. The molecule has 0 bridgehead atoms. The van der Waals surface area contributed by atoms with Crippen LogP contribution in [0.1, 0.15) is 46.0 Å². The maximum Gasteiger partial charge on any atom is 0.123 e. The molecule has 1 aliphatic carbocycles. The zero-order chi connectivity index (χ0) is 9.68. The van der Waals surface area contributed by atoms with Gasteiger partial charge in [0.2, 0.25) is 0 Å². The van der Waals surface area contributed by atoms with Crippen molar-refractivity contribution in [1.29, 1.82) is 0 Å². The van der Waals surface area contributed by atoms with Crippen molar-refractivity contribution in [3.8, 4) is 0 Å². The molecule has 0 aromatic carbocycles. The molecule has 0 spiro atoms. The molecule has 0 saturated heterocycles. The molecule has 1 aliphatic rings. The topological polar surface area (TPSA) is 17.1 Å². The second kappa shape index (κ2) is 5.21. The Morgan fingerprint density at radius 3 is 3.08 bits per heavy atom. The van der Waals surface area contributed by atoms with Gasteiger partial charge < -0.3 is 4.79 Å². The van der Waals surface area contributed by atoms with Crippen LogP contribution in [-0.2, 0) is 4.79 Å². The molecule has 0 amide bonds. The molecule has 2 atom stereocenters. The van der Waals surface area contributed by atoms with Gasteiger partial charge in [-0.25, -0.2) is 0 Å². The Morgan fingerprint density at radius 1 is 1.69 bits per heavy atom. The van der Waals surface area contributed by atoms with Crippen molar-refractivity contribution in [1.82, 2.24) is 0 Å². The normalized spacial score (nSPS) is 24.2. The Kier molecular flexibility index (Phi) is 4.20. The molecular formula is C12H20O. The molecule has 13 heavy (non-hydrogen) atoms. The van der Waals surface area contributed by atoms with E-state index in [4.69, 9.17) is 0 Å². The lowest BCUT2D eigenvalue weighted by Crippen LogP contribution is -1.96. The van der Waals surface area contributed by atoms with Gasteiger partial charge in [-0.3, -0.25) is 0 Å². The molecule has 1 unspecified atom stereocenters. The summed E-state index contributed by atoms with van der Waals surface area (Å²) in [6.07, 6.45) is 9.59. The number of rotatable bonds is 5. The smallest absolute Gasteiger partial charge is 0.123 e. The van der Waals surface area contributed by atoms with Crippen molar-refractivity contribution in [2.75, 3.05) is 0 Å². The average Bonchev–Trinajstić information content (AvgIpc) is 2.53. The zero-order valence-electron chi connectivity index (χ0n) is 8.75. The van der Waals surface area contributed by atoms with Crippen molar-refractivity contribution in [2.24, 2.45) is 11.8 Å². The van der Waals surface area contributed by atoms with Crippen LogP contribution in [0.15, 0.2) is 11.6 Å². The first kappa shape index (κ1) is 10.5. The molecule has 74 valence electrons. The van der Waals surface area contributed by atoms with Crippen LogP contribution in [0.4, 0.5) is 0 Å². The molecule has 0 aromatic rings. The highest BCUT2D eigenvalue weighted by atomic mass is 16.1. The zero-order valence-corrected chi connectivity index (χ0v) is 8.75. The predicted molar refractivity (Wildman–Crippen MR) is 55.6 cm³/mol. The molecule has 0 saturated carbocycles. The van der Waals surface area contributed by atoms with Crippen LogP contribution in [-0.4, -0.2) is 6.29 Å². The Labute approximate surface area is 81.2 Å². The van der Waals surface area contributed by atoms with Gasteiger partial charge >= 0.3 is 0 Å². The van der Waals surface area contributed by atoms with Crippen LogP contribution in [0.5, 0.6) is 0 Å². The first-order chi connectivity index (χ1) is 6.26. The van der Waals surface area contributed by atoms with Crippen LogP contribution >= 0.6 is 0 Å². The summed E-state index contributed by atoms with van der Waals surface area (Å²) in [5, 5.41) is 0. The van der Waals surface area contributed by atoms with Crippen LogP contribution in [0.25, 0.3) is 0 Å². The summed E-state index contributed by atoms with van der Waals surface area (Å²) in [7, 11) is 0. The average molecular weight is 180 g/mol. The molecule has 0 heterocycles. The molecule has 0 radical (unpaired) electrons. The quantitative estimate of drug-likeness (QED) is 0.468. The maximum atomic E-state index is 10.5. The van der Waals surface area contributed by atoms with Crippen molar-refractivity contribution in [3.05, 3.63) is 11.6 Å². The third-order valence-electron chi connectivity index (χ3n) is 2.78. The fourth-order valence-electron chi connectivity index (χ4n) is 2.10. The minimum Gasteiger partial charge on any atom is -0.303 e. The first-order valence-corrected chi connectivity index (χ1v) is 5.41. The van der Waals surface area contributed by atoms with Gasteiger partial charge in [0, 0.05) is 5.92 Å². The summed E-state index contributed by atoms with van der Waals surface area (Å²) in [5.74, 6) is 1.02. The number of carbonyl (C=O) groups excluding carboxylic acids is 1. The summed E-state index contributed by atoms with van der Waals surface area (Å²) in [5.41, 5.74) is 1.51. The van der Waals surface area contributed by atoms with Gasteiger partial charge in [-0.15, -0.1) is 0 Å². The van der Waals surface area contributed by atoms with E-state index in [0.717, 1.165) is 18.6 Å². The van der Waals surface area contributed by atoms with Crippen molar-refractivity contribution < 1.29 is 4.79 Å². The van der Waals surface area contributed by atoms with E-state index in [1.165, 1.54) is 31.3 Å². The Balaban J connectivity index is 2.35. The molecule has 0 aliphatic heterocycles. The van der Waals surface area contributed by atoms with Crippen LogP contribution in [0, 0.1) is 11.8 Å². The number of carbonyl (C=O) groups is 1. The molecule has 1 rings (SSSR count). The second-order valence-corrected chi connectivity index (χ2v) is 4.23. The third kappa shape index (κ3) is 3.33. The highest BCUT2D eigenvalue weighted by Crippen LogP contribution is 2.30. The van der Waals surface area contributed by atoms with Crippen LogP contribution in [0.2, 0.25) is 0 Å². The predicted octanol–water partition coefficient (Wildman–Crippen LogP) is 3.35. The van der Waals surface area contributed by atoms with Gasteiger partial charge in [0.05, 0.1) is 0 Å². The van der Waals surface area contributed by atoms with Crippen molar-refractivity contribution >= 4 is 6.29 Å². The van der Waals surface area contributed by atoms with Crippen LogP contribution < -0.4 is 0 Å². The molecule has 1 nitrogen and oxygen atoms in total. The highest BCUT2D eigenvalue weighted by Gasteiger charge is 2.16. The Bertz CT molecular complexity index is 193. The largest absolute Gasteiger partial charge is 0.303 e. The third-order valence-corrected chi connectivity index (χ3v) is 2.78. The fourth-order valence-corrected chi connectivity index (χ4v) is 2.10. The van der Waals surface area contributed by atoms with Gasteiger partial charge in [0.25, 0.3) is 0 Å². The Morgan fingerprint density at radius 2 is 2.46 bits per heavy atom. The van der Waals surface area contributed by atoms with Gasteiger partial charge in [0.15, 0.2) is 0 Å².